The zero-order chi connectivity index (χ0) is 15.4. The van der Waals surface area contributed by atoms with Crippen LogP contribution in [0.15, 0.2) is 5.03 Å². The van der Waals surface area contributed by atoms with E-state index >= 15 is 0 Å². The third-order valence-corrected chi connectivity index (χ3v) is 5.39. The van der Waals surface area contributed by atoms with Crippen LogP contribution < -0.4 is 10.0 Å². The Morgan fingerprint density at radius 1 is 1.25 bits per heavy atom. The van der Waals surface area contributed by atoms with E-state index in [2.05, 4.69) is 20.2 Å². The molecule has 0 amide bonds. The molecule has 0 aliphatic carbocycles. The van der Waals surface area contributed by atoms with Crippen molar-refractivity contribution in [1.29, 1.82) is 0 Å². The zero-order valence-electron chi connectivity index (χ0n) is 13.0. The molecule has 0 saturated carbocycles. The van der Waals surface area contributed by atoms with Gasteiger partial charge in [-0.05, 0) is 33.2 Å². The van der Waals surface area contributed by atoms with Gasteiger partial charge in [-0.25, -0.2) is 13.1 Å². The first-order chi connectivity index (χ1) is 9.29. The minimum Gasteiger partial charge on any atom is -0.313 e. The van der Waals surface area contributed by atoms with Crippen molar-refractivity contribution in [2.75, 3.05) is 6.54 Å². The number of aromatic nitrogens is 2. The quantitative estimate of drug-likeness (QED) is 0.682. The van der Waals surface area contributed by atoms with Crippen molar-refractivity contribution in [2.24, 2.45) is 0 Å². The second kappa shape index (κ2) is 6.69. The van der Waals surface area contributed by atoms with Crippen molar-refractivity contribution in [3.63, 3.8) is 0 Å². The van der Waals surface area contributed by atoms with Crippen LogP contribution in [-0.4, -0.2) is 30.7 Å². The van der Waals surface area contributed by atoms with Gasteiger partial charge in [-0.2, -0.15) is 5.10 Å². The Balaban J connectivity index is 3.10. The van der Waals surface area contributed by atoms with E-state index in [4.69, 9.17) is 0 Å². The van der Waals surface area contributed by atoms with Crippen LogP contribution in [0.2, 0.25) is 0 Å². The number of hydrogen-bond donors (Lipinski definition) is 3. The highest BCUT2D eigenvalue weighted by Crippen LogP contribution is 2.21. The van der Waals surface area contributed by atoms with E-state index in [1.54, 1.807) is 0 Å². The third-order valence-electron chi connectivity index (χ3n) is 3.78. The molecule has 1 aromatic rings. The molecule has 0 fully saturated rings. The fourth-order valence-electron chi connectivity index (χ4n) is 1.88. The fourth-order valence-corrected chi connectivity index (χ4v) is 3.63. The van der Waals surface area contributed by atoms with E-state index in [1.165, 1.54) is 0 Å². The Bertz CT molecular complexity index is 533. The van der Waals surface area contributed by atoms with Crippen molar-refractivity contribution in [3.8, 4) is 0 Å². The van der Waals surface area contributed by atoms with Crippen molar-refractivity contribution >= 4 is 10.0 Å². The maximum absolute atomic E-state index is 12.5. The molecule has 3 N–H and O–H groups in total. The van der Waals surface area contributed by atoms with Gasteiger partial charge in [-0.15, -0.1) is 0 Å². The van der Waals surface area contributed by atoms with Crippen molar-refractivity contribution in [2.45, 2.75) is 64.6 Å². The van der Waals surface area contributed by atoms with Crippen LogP contribution in [0.3, 0.4) is 0 Å². The first kappa shape index (κ1) is 17.1. The Hall–Kier alpha value is -0.920. The number of nitrogens with one attached hydrogen (secondary N) is 3. The summed E-state index contributed by atoms with van der Waals surface area (Å²) in [6.07, 6.45) is 1.46. The van der Waals surface area contributed by atoms with Gasteiger partial charge in [-0.1, -0.05) is 20.8 Å². The predicted molar refractivity (Wildman–Crippen MR) is 80.0 cm³/mol. The summed E-state index contributed by atoms with van der Waals surface area (Å²) in [4.78, 5) is 0. The zero-order valence-corrected chi connectivity index (χ0v) is 13.8. The molecule has 0 atom stereocenters. The maximum Gasteiger partial charge on any atom is 0.260 e. The normalized spacial score (nSPS) is 12.8. The van der Waals surface area contributed by atoms with Crippen LogP contribution in [0.25, 0.3) is 0 Å². The van der Waals surface area contributed by atoms with E-state index in [0.29, 0.717) is 12.1 Å². The summed E-state index contributed by atoms with van der Waals surface area (Å²) >= 11 is 0. The maximum atomic E-state index is 12.5. The molecule has 1 rings (SSSR count). The van der Waals surface area contributed by atoms with Crippen LogP contribution in [0, 0.1) is 6.92 Å². The van der Waals surface area contributed by atoms with Gasteiger partial charge in [0.15, 0.2) is 5.03 Å². The molecule has 0 bridgehead atoms. The molecule has 116 valence electrons. The number of sulfonamides is 1. The van der Waals surface area contributed by atoms with Gasteiger partial charge < -0.3 is 5.32 Å². The summed E-state index contributed by atoms with van der Waals surface area (Å²) in [6.45, 7) is 10.9. The molecule has 0 unspecified atom stereocenters. The summed E-state index contributed by atoms with van der Waals surface area (Å²) in [5.41, 5.74) is 1.04. The van der Waals surface area contributed by atoms with Crippen LogP contribution in [-0.2, 0) is 16.6 Å². The number of H-pyrrole nitrogens is 1. The minimum absolute atomic E-state index is 0.101. The summed E-state index contributed by atoms with van der Waals surface area (Å²) in [7, 11) is -3.61. The SMILES string of the molecule is CCNCc1c(S(=O)(=O)NC(C)(CC)CC)n[nH]c1C. The Labute approximate surface area is 121 Å². The molecule has 0 aliphatic heterocycles. The second-order valence-corrected chi connectivity index (χ2v) is 6.88. The molecular weight excluding hydrogens is 276 g/mol. The summed E-state index contributed by atoms with van der Waals surface area (Å²) in [5, 5.41) is 9.99. The van der Waals surface area contributed by atoms with Gasteiger partial charge in [0.2, 0.25) is 0 Å². The van der Waals surface area contributed by atoms with Gasteiger partial charge in [-0.3, -0.25) is 5.10 Å². The number of aromatic amines is 1. The Morgan fingerprint density at radius 3 is 2.35 bits per heavy atom. The summed E-state index contributed by atoms with van der Waals surface area (Å²) in [6, 6.07) is 0. The van der Waals surface area contributed by atoms with Crippen LogP contribution >= 0.6 is 0 Å². The van der Waals surface area contributed by atoms with Gasteiger partial charge in [0.1, 0.15) is 0 Å². The third kappa shape index (κ3) is 3.80. The van der Waals surface area contributed by atoms with Gasteiger partial charge in [0.25, 0.3) is 10.0 Å². The molecule has 0 saturated heterocycles. The van der Waals surface area contributed by atoms with Crippen LogP contribution in [0.4, 0.5) is 0 Å². The standard InChI is InChI=1S/C13H26N4O2S/c1-6-13(5,7-2)17-20(18,19)12-11(9-14-8-3)10(4)15-16-12/h14,17H,6-9H2,1-5H3,(H,15,16). The molecule has 0 aliphatic rings. The first-order valence-corrected chi connectivity index (χ1v) is 8.56. The molecule has 1 aromatic heterocycles. The van der Waals surface area contributed by atoms with E-state index in [0.717, 1.165) is 25.1 Å². The molecule has 7 heteroatoms. The lowest BCUT2D eigenvalue weighted by molar-refractivity contribution is 0.388. The average molecular weight is 302 g/mol. The Kier molecular flexibility index (Phi) is 5.73. The molecule has 0 aromatic carbocycles. The average Bonchev–Trinajstić information content (AvgIpc) is 2.77. The van der Waals surface area contributed by atoms with Crippen molar-refractivity contribution in [1.82, 2.24) is 20.2 Å². The molecule has 6 nitrogen and oxygen atoms in total. The van der Waals surface area contributed by atoms with E-state index < -0.39 is 15.6 Å². The van der Waals surface area contributed by atoms with Gasteiger partial charge in [0, 0.05) is 23.3 Å². The highest BCUT2D eigenvalue weighted by atomic mass is 32.2. The highest BCUT2D eigenvalue weighted by Gasteiger charge is 2.31. The lowest BCUT2D eigenvalue weighted by Gasteiger charge is -2.27. The van der Waals surface area contributed by atoms with E-state index in [-0.39, 0.29) is 5.03 Å². The number of rotatable bonds is 8. The van der Waals surface area contributed by atoms with Gasteiger partial charge >= 0.3 is 0 Å². The minimum atomic E-state index is -3.61. The molecule has 1 heterocycles. The second-order valence-electron chi connectivity index (χ2n) is 5.29. The first-order valence-electron chi connectivity index (χ1n) is 7.08. The predicted octanol–water partition coefficient (Wildman–Crippen LogP) is 1.68. The van der Waals surface area contributed by atoms with Crippen molar-refractivity contribution < 1.29 is 8.42 Å². The number of nitrogens with zero attached hydrogens (tertiary/aromatic N) is 1. The topological polar surface area (TPSA) is 86.9 Å². The highest BCUT2D eigenvalue weighted by molar-refractivity contribution is 7.89. The monoisotopic (exact) mass is 302 g/mol. The summed E-state index contributed by atoms with van der Waals surface area (Å²) in [5.74, 6) is 0. The summed E-state index contributed by atoms with van der Waals surface area (Å²) < 4.78 is 27.9. The molecular formula is C13H26N4O2S. The largest absolute Gasteiger partial charge is 0.313 e. The fraction of sp³-hybridized carbons (Fsp3) is 0.769. The number of aryl methyl sites for hydroxylation is 1. The lowest BCUT2D eigenvalue weighted by atomic mass is 9.98. The molecule has 0 spiro atoms. The van der Waals surface area contributed by atoms with Crippen LogP contribution in [0.1, 0.15) is 51.8 Å². The van der Waals surface area contributed by atoms with E-state index in [9.17, 15) is 8.42 Å². The molecule has 20 heavy (non-hydrogen) atoms. The smallest absolute Gasteiger partial charge is 0.260 e. The van der Waals surface area contributed by atoms with E-state index in [1.807, 2.05) is 34.6 Å². The van der Waals surface area contributed by atoms with Crippen LogP contribution in [0.5, 0.6) is 0 Å². The van der Waals surface area contributed by atoms with Crippen molar-refractivity contribution in [3.05, 3.63) is 11.3 Å². The lowest BCUT2D eigenvalue weighted by Crippen LogP contribution is -2.45. The number of hydrogen-bond acceptors (Lipinski definition) is 4. The van der Waals surface area contributed by atoms with Gasteiger partial charge in [0.05, 0.1) is 0 Å². The Morgan fingerprint density at radius 2 is 1.85 bits per heavy atom. The molecule has 0 radical (unpaired) electrons.